The Kier molecular flexibility index (Phi) is 5.36. The first kappa shape index (κ1) is 17.5. The monoisotopic (exact) mass is 345 g/mol. The number of carbonyl (C=O) groups is 2. The first-order valence-electron chi connectivity index (χ1n) is 8.79. The van der Waals surface area contributed by atoms with Crippen LogP contribution >= 0.6 is 0 Å². The van der Waals surface area contributed by atoms with Crippen LogP contribution in [0.4, 0.5) is 14.9 Å². The van der Waals surface area contributed by atoms with Crippen LogP contribution in [-0.2, 0) is 4.79 Å². The van der Waals surface area contributed by atoms with Gasteiger partial charge >= 0.3 is 6.03 Å². The summed E-state index contributed by atoms with van der Waals surface area (Å²) in [5, 5.41) is 2.89. The van der Waals surface area contributed by atoms with Gasteiger partial charge in [-0.05, 0) is 50.0 Å². The molecule has 3 amide bonds. The third-order valence-electron chi connectivity index (χ3n) is 4.75. The van der Waals surface area contributed by atoms with Gasteiger partial charge < -0.3 is 15.1 Å². The van der Waals surface area contributed by atoms with E-state index in [-0.39, 0.29) is 30.2 Å². The normalized spacial score (nSPS) is 20.9. The molecule has 1 aromatic rings. The van der Waals surface area contributed by atoms with Crippen LogP contribution in [0.5, 0.6) is 0 Å². The number of urea groups is 1. The number of amides is 3. The van der Waals surface area contributed by atoms with Crippen LogP contribution in [-0.4, -0.2) is 47.9 Å². The standard InChI is InChI=1S/C19H24FN3O2/c1-14-5-2-8-17(11-14)21-19(25)23-10-3-6-15(12-23)18(24)22-9-4-7-16(20)13-22/h2,5,7-8,11,15H,3-4,6,9-10,12-13H2,1H3,(H,21,25)/t15-/m0/s1. The summed E-state index contributed by atoms with van der Waals surface area (Å²) in [5.41, 5.74) is 1.83. The highest BCUT2D eigenvalue weighted by atomic mass is 19.1. The first-order valence-corrected chi connectivity index (χ1v) is 8.79. The molecule has 1 fully saturated rings. The fraction of sp³-hybridized carbons (Fsp3) is 0.474. The van der Waals surface area contributed by atoms with Crippen molar-refractivity contribution in [2.45, 2.75) is 26.2 Å². The predicted octanol–water partition coefficient (Wildman–Crippen LogP) is 3.32. The minimum absolute atomic E-state index is 0.0451. The van der Waals surface area contributed by atoms with Gasteiger partial charge in [0.1, 0.15) is 5.83 Å². The van der Waals surface area contributed by atoms with Gasteiger partial charge in [-0.3, -0.25) is 4.79 Å². The topological polar surface area (TPSA) is 52.7 Å². The zero-order valence-corrected chi connectivity index (χ0v) is 14.5. The Bertz CT molecular complexity index is 689. The fourth-order valence-corrected chi connectivity index (χ4v) is 3.44. The minimum atomic E-state index is -0.247. The van der Waals surface area contributed by atoms with Crippen molar-refractivity contribution >= 4 is 17.6 Å². The van der Waals surface area contributed by atoms with E-state index in [9.17, 15) is 14.0 Å². The Morgan fingerprint density at radius 1 is 1.24 bits per heavy atom. The number of halogens is 1. The largest absolute Gasteiger partial charge is 0.335 e. The lowest BCUT2D eigenvalue weighted by Crippen LogP contribution is -2.48. The van der Waals surface area contributed by atoms with E-state index in [0.717, 1.165) is 24.1 Å². The van der Waals surface area contributed by atoms with E-state index >= 15 is 0 Å². The van der Waals surface area contributed by atoms with Crippen molar-refractivity contribution in [2.75, 3.05) is 31.5 Å². The van der Waals surface area contributed by atoms with E-state index in [1.165, 1.54) is 6.08 Å². The van der Waals surface area contributed by atoms with Crippen molar-refractivity contribution in [1.29, 1.82) is 0 Å². The number of anilines is 1. The van der Waals surface area contributed by atoms with E-state index < -0.39 is 0 Å². The van der Waals surface area contributed by atoms with Gasteiger partial charge in [-0.25, -0.2) is 9.18 Å². The van der Waals surface area contributed by atoms with Crippen molar-refractivity contribution in [2.24, 2.45) is 5.92 Å². The van der Waals surface area contributed by atoms with Gasteiger partial charge in [-0.2, -0.15) is 0 Å². The first-order chi connectivity index (χ1) is 12.0. The predicted molar refractivity (Wildman–Crippen MR) is 94.9 cm³/mol. The van der Waals surface area contributed by atoms with Crippen LogP contribution in [0, 0.1) is 12.8 Å². The second-order valence-electron chi connectivity index (χ2n) is 6.78. The molecule has 134 valence electrons. The zero-order valence-electron chi connectivity index (χ0n) is 14.5. The highest BCUT2D eigenvalue weighted by Crippen LogP contribution is 2.22. The summed E-state index contributed by atoms with van der Waals surface area (Å²) < 4.78 is 13.4. The maximum Gasteiger partial charge on any atom is 0.321 e. The van der Waals surface area contributed by atoms with E-state index in [4.69, 9.17) is 0 Å². The number of nitrogens with zero attached hydrogens (tertiary/aromatic N) is 2. The summed E-state index contributed by atoms with van der Waals surface area (Å²) >= 11 is 0. The van der Waals surface area contributed by atoms with E-state index in [0.29, 0.717) is 26.1 Å². The maximum atomic E-state index is 13.4. The smallest absolute Gasteiger partial charge is 0.321 e. The third kappa shape index (κ3) is 4.38. The molecule has 0 aromatic heterocycles. The van der Waals surface area contributed by atoms with Gasteiger partial charge in [0, 0.05) is 25.3 Å². The number of hydrogen-bond donors (Lipinski definition) is 1. The average molecular weight is 345 g/mol. The number of benzene rings is 1. The maximum absolute atomic E-state index is 13.4. The van der Waals surface area contributed by atoms with Crippen molar-refractivity contribution < 1.29 is 14.0 Å². The van der Waals surface area contributed by atoms with Gasteiger partial charge in [0.15, 0.2) is 0 Å². The van der Waals surface area contributed by atoms with Crippen LogP contribution in [0.2, 0.25) is 0 Å². The zero-order chi connectivity index (χ0) is 17.8. The third-order valence-corrected chi connectivity index (χ3v) is 4.75. The molecule has 3 rings (SSSR count). The lowest BCUT2D eigenvalue weighted by atomic mass is 9.96. The molecule has 5 nitrogen and oxygen atoms in total. The van der Waals surface area contributed by atoms with Crippen LogP contribution in [0.1, 0.15) is 24.8 Å². The second-order valence-corrected chi connectivity index (χ2v) is 6.78. The van der Waals surface area contributed by atoms with Gasteiger partial charge in [0.2, 0.25) is 5.91 Å². The molecule has 6 heteroatoms. The second kappa shape index (κ2) is 7.68. The molecule has 1 N–H and O–H groups in total. The summed E-state index contributed by atoms with van der Waals surface area (Å²) in [6.45, 7) is 3.61. The molecule has 1 aromatic carbocycles. The molecule has 0 aliphatic carbocycles. The molecule has 0 saturated carbocycles. The summed E-state index contributed by atoms with van der Waals surface area (Å²) in [7, 11) is 0. The van der Waals surface area contributed by atoms with Crippen molar-refractivity contribution in [3.63, 3.8) is 0 Å². The van der Waals surface area contributed by atoms with E-state index in [2.05, 4.69) is 5.32 Å². The summed E-state index contributed by atoms with van der Waals surface area (Å²) in [4.78, 5) is 28.4. The number of nitrogens with one attached hydrogen (secondary N) is 1. The van der Waals surface area contributed by atoms with Crippen LogP contribution in [0.15, 0.2) is 36.2 Å². The molecule has 2 aliphatic heterocycles. The minimum Gasteiger partial charge on any atom is -0.335 e. The number of hydrogen-bond acceptors (Lipinski definition) is 2. The lowest BCUT2D eigenvalue weighted by molar-refractivity contribution is -0.136. The number of carbonyl (C=O) groups excluding carboxylic acids is 2. The average Bonchev–Trinajstić information content (AvgIpc) is 2.61. The lowest BCUT2D eigenvalue weighted by Gasteiger charge is -2.35. The number of aryl methyl sites for hydroxylation is 1. The highest BCUT2D eigenvalue weighted by molar-refractivity contribution is 5.90. The van der Waals surface area contributed by atoms with Crippen molar-refractivity contribution in [3.8, 4) is 0 Å². The molecule has 0 bridgehead atoms. The van der Waals surface area contributed by atoms with Crippen LogP contribution < -0.4 is 5.32 Å². The number of piperidine rings is 1. The molecule has 25 heavy (non-hydrogen) atoms. The molecular formula is C19H24FN3O2. The van der Waals surface area contributed by atoms with Gasteiger partial charge in [-0.15, -0.1) is 0 Å². The molecular weight excluding hydrogens is 321 g/mol. The number of likely N-dealkylation sites (tertiary alicyclic amines) is 1. The Hall–Kier alpha value is -2.37. The molecule has 1 saturated heterocycles. The van der Waals surface area contributed by atoms with E-state index in [1.54, 1.807) is 9.80 Å². The Morgan fingerprint density at radius 2 is 2.08 bits per heavy atom. The molecule has 1 atom stereocenters. The summed E-state index contributed by atoms with van der Waals surface area (Å²) in [6, 6.07) is 7.43. The molecule has 0 radical (unpaired) electrons. The fourth-order valence-electron chi connectivity index (χ4n) is 3.44. The van der Waals surface area contributed by atoms with Gasteiger partial charge in [0.25, 0.3) is 0 Å². The highest BCUT2D eigenvalue weighted by Gasteiger charge is 2.32. The summed E-state index contributed by atoms with van der Waals surface area (Å²) in [6.07, 6.45) is 3.62. The SMILES string of the molecule is Cc1cccc(NC(=O)N2CCC[C@H](C(=O)N3CCC=C(F)C3)C2)c1. The van der Waals surface area contributed by atoms with Crippen molar-refractivity contribution in [3.05, 3.63) is 41.7 Å². The summed E-state index contributed by atoms with van der Waals surface area (Å²) in [5.74, 6) is -0.538. The molecule has 0 spiro atoms. The van der Waals surface area contributed by atoms with E-state index in [1.807, 2.05) is 31.2 Å². The van der Waals surface area contributed by atoms with Crippen LogP contribution in [0.25, 0.3) is 0 Å². The van der Waals surface area contributed by atoms with Crippen molar-refractivity contribution in [1.82, 2.24) is 9.80 Å². The Morgan fingerprint density at radius 3 is 2.84 bits per heavy atom. The van der Waals surface area contributed by atoms with Crippen LogP contribution in [0.3, 0.4) is 0 Å². The Balaban J connectivity index is 1.59. The molecule has 0 unspecified atom stereocenters. The quantitative estimate of drug-likeness (QED) is 0.894. The number of rotatable bonds is 2. The molecule has 2 aliphatic rings. The van der Waals surface area contributed by atoms with Gasteiger partial charge in [0.05, 0.1) is 12.5 Å². The van der Waals surface area contributed by atoms with Gasteiger partial charge in [-0.1, -0.05) is 12.1 Å². The Labute approximate surface area is 147 Å². The molecule has 2 heterocycles.